The number of aliphatic hydroxyl groups is 1. The van der Waals surface area contributed by atoms with Crippen LogP contribution in [0.2, 0.25) is 0 Å². The second kappa shape index (κ2) is 5.50. The van der Waals surface area contributed by atoms with Crippen molar-refractivity contribution in [1.82, 2.24) is 4.57 Å². The number of carboxylic acid groups (broad SMARTS) is 1. The first-order valence-electron chi connectivity index (χ1n) is 6.64. The fourth-order valence-corrected chi connectivity index (χ4v) is 2.46. The van der Waals surface area contributed by atoms with Crippen LogP contribution >= 0.6 is 0 Å². The van der Waals surface area contributed by atoms with Gasteiger partial charge < -0.3 is 14.6 Å². The molecule has 1 unspecified atom stereocenters. The average molecular weight is 299 g/mol. The van der Waals surface area contributed by atoms with E-state index in [0.717, 1.165) is 4.57 Å². The molecule has 3 aromatic rings. The number of carboxylic acids is 1. The van der Waals surface area contributed by atoms with Crippen LogP contribution in [0.3, 0.4) is 0 Å². The highest BCUT2D eigenvalue weighted by Gasteiger charge is 2.27. The molecule has 0 radical (unpaired) electrons. The van der Waals surface area contributed by atoms with Crippen molar-refractivity contribution in [3.8, 4) is 0 Å². The standard InChI is InChI=1S/C16H13NO5/c18-9-10-6-7-13-12(8-10)17(16(21)22-13)14(15(19)20)11-4-2-1-3-5-11/h1-8,14,18H,9H2,(H,19,20). The number of fused-ring (bicyclic) bond motifs is 1. The van der Waals surface area contributed by atoms with E-state index in [1.807, 2.05) is 0 Å². The molecule has 2 N–H and O–H groups in total. The van der Waals surface area contributed by atoms with Gasteiger partial charge >= 0.3 is 11.7 Å². The van der Waals surface area contributed by atoms with E-state index in [1.165, 1.54) is 0 Å². The molecule has 1 atom stereocenters. The van der Waals surface area contributed by atoms with Crippen LogP contribution in [0.4, 0.5) is 0 Å². The first-order chi connectivity index (χ1) is 10.6. The topological polar surface area (TPSA) is 92.7 Å². The summed E-state index contributed by atoms with van der Waals surface area (Å²) >= 11 is 0. The lowest BCUT2D eigenvalue weighted by Crippen LogP contribution is -2.27. The maximum Gasteiger partial charge on any atom is 0.421 e. The highest BCUT2D eigenvalue weighted by atomic mass is 16.4. The second-order valence-electron chi connectivity index (χ2n) is 4.85. The second-order valence-corrected chi connectivity index (χ2v) is 4.85. The molecule has 0 bridgehead atoms. The maximum atomic E-state index is 12.1. The number of benzene rings is 2. The van der Waals surface area contributed by atoms with Crippen molar-refractivity contribution >= 4 is 17.1 Å². The monoisotopic (exact) mass is 299 g/mol. The van der Waals surface area contributed by atoms with Gasteiger partial charge in [0.25, 0.3) is 0 Å². The van der Waals surface area contributed by atoms with E-state index in [9.17, 15) is 19.8 Å². The van der Waals surface area contributed by atoms with E-state index in [0.29, 0.717) is 16.6 Å². The lowest BCUT2D eigenvalue weighted by molar-refractivity contribution is -0.139. The van der Waals surface area contributed by atoms with Crippen LogP contribution in [-0.4, -0.2) is 20.7 Å². The molecule has 3 rings (SSSR count). The third kappa shape index (κ3) is 2.29. The molecule has 112 valence electrons. The number of hydrogen-bond donors (Lipinski definition) is 2. The summed E-state index contributed by atoms with van der Waals surface area (Å²) in [6.45, 7) is -0.210. The lowest BCUT2D eigenvalue weighted by Gasteiger charge is -2.14. The highest BCUT2D eigenvalue weighted by molar-refractivity contribution is 5.81. The fraction of sp³-hybridized carbons (Fsp3) is 0.125. The van der Waals surface area contributed by atoms with Crippen LogP contribution in [0.15, 0.2) is 57.7 Å². The van der Waals surface area contributed by atoms with Gasteiger partial charge in [0.05, 0.1) is 12.1 Å². The van der Waals surface area contributed by atoms with Crippen LogP contribution in [0.5, 0.6) is 0 Å². The van der Waals surface area contributed by atoms with Gasteiger partial charge in [-0.2, -0.15) is 0 Å². The number of nitrogens with zero attached hydrogens (tertiary/aromatic N) is 1. The minimum atomic E-state index is -1.19. The van der Waals surface area contributed by atoms with Gasteiger partial charge in [0, 0.05) is 0 Å². The van der Waals surface area contributed by atoms with Crippen molar-refractivity contribution in [2.75, 3.05) is 0 Å². The van der Waals surface area contributed by atoms with E-state index < -0.39 is 17.8 Å². The molecule has 0 fully saturated rings. The van der Waals surface area contributed by atoms with Gasteiger partial charge in [-0.25, -0.2) is 9.59 Å². The minimum absolute atomic E-state index is 0.210. The van der Waals surface area contributed by atoms with E-state index in [1.54, 1.807) is 48.5 Å². The largest absolute Gasteiger partial charge is 0.479 e. The molecule has 2 aromatic carbocycles. The molecule has 0 amide bonds. The molecule has 0 saturated heterocycles. The van der Waals surface area contributed by atoms with E-state index in [4.69, 9.17) is 4.42 Å². The van der Waals surface area contributed by atoms with Crippen molar-refractivity contribution in [3.05, 3.63) is 70.2 Å². The number of rotatable bonds is 4. The number of aromatic nitrogens is 1. The summed E-state index contributed by atoms with van der Waals surface area (Å²) in [5, 5.41) is 18.8. The summed E-state index contributed by atoms with van der Waals surface area (Å²) in [6, 6.07) is 12.0. The first-order valence-corrected chi connectivity index (χ1v) is 6.64. The molecule has 0 aliphatic carbocycles. The molecule has 0 aliphatic heterocycles. The van der Waals surface area contributed by atoms with Crippen LogP contribution in [0, 0.1) is 0 Å². The van der Waals surface area contributed by atoms with Gasteiger partial charge in [-0.05, 0) is 23.3 Å². The summed E-state index contributed by atoms with van der Waals surface area (Å²) in [4.78, 5) is 23.8. The number of aliphatic carboxylic acids is 1. The molecule has 6 nitrogen and oxygen atoms in total. The number of carbonyl (C=O) groups is 1. The Morgan fingerprint density at radius 3 is 2.55 bits per heavy atom. The number of aliphatic hydroxyl groups excluding tert-OH is 1. The fourth-order valence-electron chi connectivity index (χ4n) is 2.46. The Morgan fingerprint density at radius 1 is 1.18 bits per heavy atom. The van der Waals surface area contributed by atoms with E-state index >= 15 is 0 Å². The third-order valence-electron chi connectivity index (χ3n) is 3.47. The molecule has 0 saturated carbocycles. The predicted molar refractivity (Wildman–Crippen MR) is 78.6 cm³/mol. The van der Waals surface area contributed by atoms with Crippen molar-refractivity contribution in [2.45, 2.75) is 12.6 Å². The van der Waals surface area contributed by atoms with Gasteiger partial charge in [0.2, 0.25) is 0 Å². The molecule has 1 heterocycles. The summed E-state index contributed by atoms with van der Waals surface area (Å²) in [7, 11) is 0. The van der Waals surface area contributed by atoms with E-state index in [2.05, 4.69) is 0 Å². The number of oxazole rings is 1. The van der Waals surface area contributed by atoms with Gasteiger partial charge in [-0.15, -0.1) is 0 Å². The summed E-state index contributed by atoms with van der Waals surface area (Å²) in [5.41, 5.74) is 1.66. The Kier molecular flexibility index (Phi) is 3.52. The molecular formula is C16H13NO5. The smallest absolute Gasteiger partial charge is 0.421 e. The van der Waals surface area contributed by atoms with Gasteiger partial charge in [0.1, 0.15) is 0 Å². The van der Waals surface area contributed by atoms with Crippen molar-refractivity contribution < 1.29 is 19.4 Å². The average Bonchev–Trinajstić information content (AvgIpc) is 2.84. The van der Waals surface area contributed by atoms with Gasteiger partial charge in [0.15, 0.2) is 11.6 Å². The Balaban J connectivity index is 2.28. The minimum Gasteiger partial charge on any atom is -0.479 e. The molecule has 0 spiro atoms. The molecule has 6 heteroatoms. The quantitative estimate of drug-likeness (QED) is 0.765. The van der Waals surface area contributed by atoms with Crippen molar-refractivity contribution in [2.24, 2.45) is 0 Å². The van der Waals surface area contributed by atoms with Gasteiger partial charge in [-0.1, -0.05) is 36.4 Å². The Morgan fingerprint density at radius 2 is 1.91 bits per heavy atom. The Labute approximate surface area is 124 Å². The van der Waals surface area contributed by atoms with Crippen molar-refractivity contribution in [1.29, 1.82) is 0 Å². The lowest BCUT2D eigenvalue weighted by atomic mass is 10.1. The summed E-state index contributed by atoms with van der Waals surface area (Å²) < 4.78 is 6.20. The highest BCUT2D eigenvalue weighted by Crippen LogP contribution is 2.24. The van der Waals surface area contributed by atoms with Crippen molar-refractivity contribution in [3.63, 3.8) is 0 Å². The normalized spacial score (nSPS) is 12.4. The third-order valence-corrected chi connectivity index (χ3v) is 3.47. The molecular weight excluding hydrogens is 286 g/mol. The molecule has 0 aliphatic rings. The molecule has 1 aromatic heterocycles. The SMILES string of the molecule is O=C(O)C(c1ccccc1)n1c(=O)oc2ccc(CO)cc21. The van der Waals surface area contributed by atoms with Crippen LogP contribution in [0.25, 0.3) is 11.1 Å². The Hall–Kier alpha value is -2.86. The summed E-state index contributed by atoms with van der Waals surface area (Å²) in [5.74, 6) is -1.91. The van der Waals surface area contributed by atoms with E-state index in [-0.39, 0.29) is 12.2 Å². The zero-order valence-electron chi connectivity index (χ0n) is 11.5. The predicted octanol–water partition coefficient (Wildman–Crippen LogP) is 1.76. The first kappa shape index (κ1) is 14.1. The van der Waals surface area contributed by atoms with Crippen LogP contribution in [-0.2, 0) is 11.4 Å². The zero-order chi connectivity index (χ0) is 15.7. The Bertz CT molecular complexity index is 878. The molecule has 22 heavy (non-hydrogen) atoms. The summed E-state index contributed by atoms with van der Waals surface area (Å²) in [6.07, 6.45) is 0. The van der Waals surface area contributed by atoms with Gasteiger partial charge in [-0.3, -0.25) is 4.57 Å². The van der Waals surface area contributed by atoms with Crippen LogP contribution in [0.1, 0.15) is 17.2 Å². The zero-order valence-corrected chi connectivity index (χ0v) is 11.5. The maximum absolute atomic E-state index is 12.1. The van der Waals surface area contributed by atoms with Crippen LogP contribution < -0.4 is 5.76 Å². The number of hydrogen-bond acceptors (Lipinski definition) is 4.